The van der Waals surface area contributed by atoms with E-state index in [4.69, 9.17) is 54.5 Å². The largest absolute Gasteiger partial charge is 0.515 e. The zero-order valence-electron chi connectivity index (χ0n) is 21.4. The standard InChI is InChI=1S/C11H11ClO3.C10H11ClO2.C8H7ClO2/c1-2-15-11(14)10(7-13)8-3-5-9(12)6-4-8;1-2-13-10(12)7-8-3-5-9(11)6-4-8;9-7-3-1-6(2-4-7)5-8(10)11/h3-7,13H,2H2,1H3;3-6H,2,7H2,1H3;1-4H,5H2,(H,10,11). The molecule has 2 N–H and O–H groups in total. The smallest absolute Gasteiger partial charge is 0.341 e. The van der Waals surface area contributed by atoms with Gasteiger partial charge in [-0.15, -0.1) is 0 Å². The number of hydrogen-bond donors (Lipinski definition) is 2. The lowest BCUT2D eigenvalue weighted by Crippen LogP contribution is -2.07. The molecule has 0 saturated heterocycles. The second-order valence-corrected chi connectivity index (χ2v) is 8.88. The van der Waals surface area contributed by atoms with Crippen LogP contribution in [0.25, 0.3) is 5.57 Å². The molecule has 0 bridgehead atoms. The number of ether oxygens (including phenoxy) is 2. The van der Waals surface area contributed by atoms with Crippen molar-refractivity contribution in [1.82, 2.24) is 0 Å². The number of carboxylic acid groups (broad SMARTS) is 1. The number of carboxylic acids is 1. The molecule has 0 fully saturated rings. The number of benzene rings is 3. The van der Waals surface area contributed by atoms with Gasteiger partial charge in [-0.2, -0.15) is 0 Å². The van der Waals surface area contributed by atoms with Crippen molar-refractivity contribution in [3.8, 4) is 0 Å². The van der Waals surface area contributed by atoms with Gasteiger partial charge in [0.15, 0.2) is 0 Å². The van der Waals surface area contributed by atoms with Gasteiger partial charge >= 0.3 is 17.9 Å². The predicted octanol–water partition coefficient (Wildman–Crippen LogP) is 7.21. The predicted molar refractivity (Wildman–Crippen MR) is 153 cm³/mol. The molecule has 0 aromatic heterocycles. The first-order chi connectivity index (χ1) is 18.6. The van der Waals surface area contributed by atoms with Crippen LogP contribution in [0.4, 0.5) is 0 Å². The second-order valence-electron chi connectivity index (χ2n) is 7.58. The average Bonchev–Trinajstić information content (AvgIpc) is 2.89. The van der Waals surface area contributed by atoms with Gasteiger partial charge in [-0.25, -0.2) is 4.79 Å². The van der Waals surface area contributed by atoms with Gasteiger partial charge in [0.1, 0.15) is 5.57 Å². The van der Waals surface area contributed by atoms with Gasteiger partial charge in [-0.3, -0.25) is 9.59 Å². The number of aliphatic hydroxyl groups is 1. The van der Waals surface area contributed by atoms with Gasteiger partial charge in [-0.05, 0) is 66.9 Å². The SMILES string of the molecule is CCOC(=O)C(=CO)c1ccc(Cl)cc1.CCOC(=O)Cc1ccc(Cl)cc1.O=C(O)Cc1ccc(Cl)cc1. The summed E-state index contributed by atoms with van der Waals surface area (Å²) >= 11 is 17.0. The van der Waals surface area contributed by atoms with Gasteiger partial charge in [-0.1, -0.05) is 71.2 Å². The van der Waals surface area contributed by atoms with Crippen LogP contribution < -0.4 is 0 Å². The van der Waals surface area contributed by atoms with Crippen molar-refractivity contribution in [3.05, 3.63) is 111 Å². The van der Waals surface area contributed by atoms with Crippen molar-refractivity contribution < 1.29 is 34.1 Å². The first-order valence-corrected chi connectivity index (χ1v) is 12.9. The number of aliphatic hydroxyl groups excluding tert-OH is 1. The second kappa shape index (κ2) is 18.7. The van der Waals surface area contributed by atoms with Crippen molar-refractivity contribution >= 4 is 58.3 Å². The number of esters is 2. The van der Waals surface area contributed by atoms with Crippen LogP contribution in [-0.4, -0.2) is 41.3 Å². The minimum atomic E-state index is -0.827. The lowest BCUT2D eigenvalue weighted by Gasteiger charge is -2.05. The van der Waals surface area contributed by atoms with E-state index in [0.717, 1.165) is 17.4 Å². The van der Waals surface area contributed by atoms with Crippen molar-refractivity contribution in [2.75, 3.05) is 13.2 Å². The lowest BCUT2D eigenvalue weighted by atomic mass is 10.1. The zero-order chi connectivity index (χ0) is 29.2. The number of halogens is 3. The Labute approximate surface area is 242 Å². The normalized spacial score (nSPS) is 10.2. The quantitative estimate of drug-likeness (QED) is 0.161. The molecule has 0 unspecified atom stereocenters. The van der Waals surface area contributed by atoms with E-state index in [1.807, 2.05) is 12.1 Å². The maximum absolute atomic E-state index is 11.4. The third-order valence-electron chi connectivity index (χ3n) is 4.62. The molecule has 7 nitrogen and oxygen atoms in total. The maximum atomic E-state index is 11.4. The van der Waals surface area contributed by atoms with Crippen molar-refractivity contribution in [3.63, 3.8) is 0 Å². The molecule has 0 aliphatic heterocycles. The average molecular weight is 596 g/mol. The third kappa shape index (κ3) is 14.3. The Balaban J connectivity index is 0.000000296. The topological polar surface area (TPSA) is 110 Å². The summed E-state index contributed by atoms with van der Waals surface area (Å²) in [6, 6.07) is 20.5. The number of aliphatic carboxylic acids is 1. The van der Waals surface area contributed by atoms with Crippen LogP contribution in [0.3, 0.4) is 0 Å². The first kappa shape index (κ1) is 33.5. The molecule has 0 radical (unpaired) electrons. The van der Waals surface area contributed by atoms with E-state index >= 15 is 0 Å². The third-order valence-corrected chi connectivity index (χ3v) is 5.37. The summed E-state index contributed by atoms with van der Waals surface area (Å²) in [6.45, 7) is 4.19. The number of carbonyl (C=O) groups is 3. The Morgan fingerprint density at radius 2 is 1.10 bits per heavy atom. The van der Waals surface area contributed by atoms with Crippen molar-refractivity contribution in [1.29, 1.82) is 0 Å². The van der Waals surface area contributed by atoms with E-state index < -0.39 is 11.9 Å². The molecular weight excluding hydrogens is 567 g/mol. The van der Waals surface area contributed by atoms with Crippen LogP contribution in [0.2, 0.25) is 15.1 Å². The van der Waals surface area contributed by atoms with Crippen LogP contribution in [0.5, 0.6) is 0 Å². The van der Waals surface area contributed by atoms with Gasteiger partial charge in [0.05, 0.1) is 32.3 Å². The van der Waals surface area contributed by atoms with Crippen LogP contribution in [-0.2, 0) is 36.7 Å². The summed E-state index contributed by atoms with van der Waals surface area (Å²) < 4.78 is 9.58. The Kier molecular flexibility index (Phi) is 16.1. The molecular formula is C29H29Cl3O7. The molecule has 0 saturated carbocycles. The Hall–Kier alpha value is -3.52. The Morgan fingerprint density at radius 1 is 0.692 bits per heavy atom. The van der Waals surface area contributed by atoms with Gasteiger partial charge < -0.3 is 19.7 Å². The fraction of sp³-hybridized carbons (Fsp3) is 0.207. The summed E-state index contributed by atoms with van der Waals surface area (Å²) in [7, 11) is 0. The zero-order valence-corrected chi connectivity index (χ0v) is 23.7. The molecule has 0 heterocycles. The summed E-state index contributed by atoms with van der Waals surface area (Å²) in [6.07, 6.45) is 1.10. The highest BCUT2D eigenvalue weighted by atomic mass is 35.5. The number of hydrogen-bond acceptors (Lipinski definition) is 6. The Bertz CT molecular complexity index is 1210. The number of rotatable bonds is 8. The molecule has 10 heteroatoms. The lowest BCUT2D eigenvalue weighted by molar-refractivity contribution is -0.142. The maximum Gasteiger partial charge on any atom is 0.341 e. The number of carbonyl (C=O) groups excluding carboxylic acids is 2. The van der Waals surface area contributed by atoms with E-state index in [1.54, 1.807) is 74.5 Å². The van der Waals surface area contributed by atoms with Crippen LogP contribution >= 0.6 is 34.8 Å². The fourth-order valence-corrected chi connectivity index (χ4v) is 3.22. The molecule has 3 aromatic carbocycles. The molecule has 3 aromatic rings. The molecule has 0 amide bonds. The highest BCUT2D eigenvalue weighted by molar-refractivity contribution is 6.31. The van der Waals surface area contributed by atoms with Crippen LogP contribution in [0.15, 0.2) is 79.1 Å². The fourth-order valence-electron chi connectivity index (χ4n) is 2.84. The molecule has 39 heavy (non-hydrogen) atoms. The minimum absolute atomic E-state index is 0.0527. The molecule has 0 aliphatic rings. The summed E-state index contributed by atoms with van der Waals surface area (Å²) in [5.41, 5.74) is 2.37. The minimum Gasteiger partial charge on any atom is -0.515 e. The van der Waals surface area contributed by atoms with Crippen LogP contribution in [0, 0.1) is 0 Å². The van der Waals surface area contributed by atoms with E-state index in [0.29, 0.717) is 33.7 Å². The molecule has 0 spiro atoms. The highest BCUT2D eigenvalue weighted by Crippen LogP contribution is 2.18. The van der Waals surface area contributed by atoms with Gasteiger partial charge in [0.2, 0.25) is 0 Å². The Morgan fingerprint density at radius 3 is 1.49 bits per heavy atom. The molecule has 208 valence electrons. The van der Waals surface area contributed by atoms with Gasteiger partial charge in [0, 0.05) is 15.1 Å². The molecule has 0 aliphatic carbocycles. The van der Waals surface area contributed by atoms with Crippen molar-refractivity contribution in [2.45, 2.75) is 26.7 Å². The highest BCUT2D eigenvalue weighted by Gasteiger charge is 2.12. The van der Waals surface area contributed by atoms with E-state index in [9.17, 15) is 14.4 Å². The van der Waals surface area contributed by atoms with Crippen molar-refractivity contribution in [2.24, 2.45) is 0 Å². The summed E-state index contributed by atoms with van der Waals surface area (Å²) in [5.74, 6) is -1.58. The van der Waals surface area contributed by atoms with Gasteiger partial charge in [0.25, 0.3) is 0 Å². The molecule has 3 rings (SSSR count). The van der Waals surface area contributed by atoms with Crippen LogP contribution in [0.1, 0.15) is 30.5 Å². The summed E-state index contributed by atoms with van der Waals surface area (Å²) in [5, 5.41) is 19.2. The van der Waals surface area contributed by atoms with E-state index in [-0.39, 0.29) is 24.6 Å². The van der Waals surface area contributed by atoms with E-state index in [1.165, 1.54) is 0 Å². The summed E-state index contributed by atoms with van der Waals surface area (Å²) in [4.78, 5) is 32.6. The molecule has 0 atom stereocenters. The van der Waals surface area contributed by atoms with E-state index in [2.05, 4.69) is 0 Å². The monoisotopic (exact) mass is 594 g/mol. The first-order valence-electron chi connectivity index (χ1n) is 11.7.